The lowest BCUT2D eigenvalue weighted by Crippen LogP contribution is -2.24. The van der Waals surface area contributed by atoms with Gasteiger partial charge in [-0.15, -0.1) is 0 Å². The van der Waals surface area contributed by atoms with Crippen LogP contribution in [0, 0.1) is 0 Å². The summed E-state index contributed by atoms with van der Waals surface area (Å²) in [6, 6.07) is 0. The first-order valence-corrected chi connectivity index (χ1v) is 11.8. The van der Waals surface area contributed by atoms with Gasteiger partial charge in [0.25, 0.3) is 6.25 Å². The molecule has 97 valence electrons. The first-order chi connectivity index (χ1) is 6.79. The van der Waals surface area contributed by atoms with Crippen molar-refractivity contribution in [3.63, 3.8) is 0 Å². The highest BCUT2D eigenvalue weighted by molar-refractivity contribution is 8.77. The summed E-state index contributed by atoms with van der Waals surface area (Å²) in [4.78, 5) is 0. The molecule has 0 aromatic heterocycles. The van der Waals surface area contributed by atoms with Gasteiger partial charge in [-0.3, -0.25) is 0 Å². The molecule has 0 aliphatic rings. The molecule has 0 N–H and O–H groups in total. The fourth-order valence-corrected chi connectivity index (χ4v) is 21.9. The Labute approximate surface area is 116 Å². The minimum absolute atomic E-state index is 0.380. The van der Waals surface area contributed by atoms with Gasteiger partial charge in [0.1, 0.15) is 0 Å². The molecule has 0 aliphatic heterocycles. The Morgan fingerprint density at radius 2 is 0.688 bits per heavy atom. The maximum Gasteiger partial charge on any atom is 0.262 e. The normalized spacial score (nSPS) is 14.6. The van der Waals surface area contributed by atoms with E-state index in [4.69, 9.17) is 0 Å². The van der Waals surface area contributed by atoms with Crippen LogP contribution in [-0.4, -0.2) is 20.5 Å². The first kappa shape index (κ1) is 17.3. The molecule has 0 spiro atoms. The van der Waals surface area contributed by atoms with Crippen LogP contribution in [0.15, 0.2) is 0 Å². The van der Waals surface area contributed by atoms with Crippen LogP contribution in [0.1, 0.15) is 62.3 Å². The third-order valence-corrected chi connectivity index (χ3v) is 15.0. The molecule has 0 aliphatic carbocycles. The van der Waals surface area contributed by atoms with E-state index in [0.717, 1.165) is 0 Å². The summed E-state index contributed by atoms with van der Waals surface area (Å²) in [5, 5.41) is 0. The predicted molar refractivity (Wildman–Crippen MR) is 87.8 cm³/mol. The Bertz CT molecular complexity index is 170. The van der Waals surface area contributed by atoms with E-state index < -0.39 is 6.25 Å². The Hall–Kier alpha value is 1.27. The minimum atomic E-state index is -0.467. The summed E-state index contributed by atoms with van der Waals surface area (Å²) < 4.78 is 1.14. The predicted octanol–water partition coefficient (Wildman–Crippen LogP) is 5.57. The van der Waals surface area contributed by atoms with Crippen LogP contribution in [0.2, 0.25) is 0 Å². The van der Waals surface area contributed by atoms with Gasteiger partial charge in [-0.05, 0) is 0 Å². The highest BCUT2D eigenvalue weighted by Gasteiger charge is 2.31. The van der Waals surface area contributed by atoms with Gasteiger partial charge < -0.3 is 0 Å². The molecule has 0 amide bonds. The lowest BCUT2D eigenvalue weighted by molar-refractivity contribution is 0.806. The topological polar surface area (TPSA) is 0 Å². The maximum atomic E-state index is 2.33. The van der Waals surface area contributed by atoms with E-state index in [2.05, 4.69) is 95.9 Å². The molecule has 0 saturated heterocycles. The van der Waals surface area contributed by atoms with Crippen LogP contribution < -0.4 is 0 Å². The van der Waals surface area contributed by atoms with Crippen molar-refractivity contribution in [3.05, 3.63) is 0 Å². The molecule has 0 nitrogen and oxygen atoms in total. The molecule has 0 fully saturated rings. The second kappa shape index (κ2) is 5.94. The molecular weight excluding hydrogens is 268 g/mol. The third kappa shape index (κ3) is 11.7. The average molecular weight is 296 g/mol. The van der Waals surface area contributed by atoms with Crippen molar-refractivity contribution >= 4 is 39.9 Å². The van der Waals surface area contributed by atoms with Crippen LogP contribution in [0.4, 0.5) is 0 Å². The molecule has 0 bridgehead atoms. The summed E-state index contributed by atoms with van der Waals surface area (Å²) in [5.41, 5.74) is 0. The van der Waals surface area contributed by atoms with E-state index in [-0.39, 0.29) is 0 Å². The molecule has 0 saturated carbocycles. The Kier molecular flexibility index (Phi) is 6.41. The van der Waals surface area contributed by atoms with E-state index in [0.29, 0.717) is 14.2 Å². The van der Waals surface area contributed by atoms with Crippen molar-refractivity contribution in [1.29, 1.82) is 0 Å². The van der Waals surface area contributed by atoms with Crippen LogP contribution in [0.3, 0.4) is 0 Å². The fraction of sp³-hybridized carbons (Fsp3) is 1.00. The molecule has 0 aromatic carbocycles. The number of hydrogen-bond acceptors (Lipinski definition) is 3. The van der Waals surface area contributed by atoms with Gasteiger partial charge in [-0.25, -0.2) is 0 Å². The second-order valence-electron chi connectivity index (χ2n) is 6.89. The average Bonchev–Trinajstić information content (AvgIpc) is 1.70. The SMILES string of the molecule is CC(C)(C)S[Si](SC(C)(C)C)SC(C)(C)C. The molecular formula is C12H27S3Si. The summed E-state index contributed by atoms with van der Waals surface area (Å²) in [6.45, 7) is 21.0. The van der Waals surface area contributed by atoms with Crippen molar-refractivity contribution in [2.24, 2.45) is 0 Å². The first-order valence-electron chi connectivity index (χ1n) is 5.72. The number of hydrogen-bond donors (Lipinski definition) is 0. The van der Waals surface area contributed by atoms with Crippen LogP contribution in [-0.2, 0) is 0 Å². The van der Waals surface area contributed by atoms with Crippen molar-refractivity contribution < 1.29 is 0 Å². The molecule has 0 aromatic rings. The van der Waals surface area contributed by atoms with Crippen LogP contribution >= 0.6 is 33.6 Å². The fourth-order valence-electron chi connectivity index (χ4n) is 0.812. The maximum absolute atomic E-state index is 2.33. The molecule has 0 heterocycles. The molecule has 0 atom stereocenters. The van der Waals surface area contributed by atoms with Gasteiger partial charge in [-0.1, -0.05) is 62.3 Å². The summed E-state index contributed by atoms with van der Waals surface area (Å²) in [6.07, 6.45) is -0.467. The summed E-state index contributed by atoms with van der Waals surface area (Å²) in [7, 11) is 0. The quantitative estimate of drug-likeness (QED) is 0.625. The van der Waals surface area contributed by atoms with Gasteiger partial charge in [-0.2, -0.15) is 33.6 Å². The Morgan fingerprint density at radius 3 is 0.812 bits per heavy atom. The molecule has 4 heteroatoms. The second-order valence-corrected chi connectivity index (χ2v) is 19.5. The highest BCUT2D eigenvalue weighted by Crippen LogP contribution is 2.46. The van der Waals surface area contributed by atoms with Crippen LogP contribution in [0.25, 0.3) is 0 Å². The van der Waals surface area contributed by atoms with Gasteiger partial charge in [0.15, 0.2) is 0 Å². The third-order valence-electron chi connectivity index (χ3n) is 1.17. The molecule has 1 radical (unpaired) electrons. The van der Waals surface area contributed by atoms with Crippen molar-refractivity contribution in [2.45, 2.75) is 76.6 Å². The van der Waals surface area contributed by atoms with Crippen molar-refractivity contribution in [1.82, 2.24) is 0 Å². The van der Waals surface area contributed by atoms with E-state index in [1.54, 1.807) is 0 Å². The van der Waals surface area contributed by atoms with E-state index in [1.165, 1.54) is 0 Å². The zero-order valence-corrected chi connectivity index (χ0v) is 15.7. The van der Waals surface area contributed by atoms with E-state index >= 15 is 0 Å². The lowest BCUT2D eigenvalue weighted by atomic mass is 10.3. The molecule has 0 unspecified atom stereocenters. The van der Waals surface area contributed by atoms with E-state index in [1.807, 2.05) is 0 Å². The Morgan fingerprint density at radius 1 is 0.500 bits per heavy atom. The smallest absolute Gasteiger partial charge is 0.156 e. The Balaban J connectivity index is 4.53. The van der Waals surface area contributed by atoms with E-state index in [9.17, 15) is 0 Å². The summed E-state index contributed by atoms with van der Waals surface area (Å²) >= 11 is 6.55. The summed E-state index contributed by atoms with van der Waals surface area (Å²) in [5.74, 6) is 0. The monoisotopic (exact) mass is 295 g/mol. The molecule has 16 heavy (non-hydrogen) atoms. The minimum Gasteiger partial charge on any atom is -0.156 e. The zero-order valence-electron chi connectivity index (χ0n) is 12.2. The number of rotatable bonds is 3. The standard InChI is InChI=1S/C12H27S3Si/c1-10(2,3)13-16(14-11(4,5)6)15-12(7,8)9/h1-9H3. The van der Waals surface area contributed by atoms with Gasteiger partial charge in [0.05, 0.1) is 0 Å². The van der Waals surface area contributed by atoms with Crippen molar-refractivity contribution in [3.8, 4) is 0 Å². The highest BCUT2D eigenvalue weighted by atomic mass is 32.8. The zero-order chi connectivity index (χ0) is 13.2. The molecule has 0 rings (SSSR count). The van der Waals surface area contributed by atoms with Crippen molar-refractivity contribution in [2.75, 3.05) is 0 Å². The van der Waals surface area contributed by atoms with Gasteiger partial charge in [0.2, 0.25) is 0 Å². The largest absolute Gasteiger partial charge is 0.262 e. The van der Waals surface area contributed by atoms with Crippen LogP contribution in [0.5, 0.6) is 0 Å². The van der Waals surface area contributed by atoms with Gasteiger partial charge >= 0.3 is 0 Å². The van der Waals surface area contributed by atoms with Gasteiger partial charge in [0, 0.05) is 14.2 Å². The lowest BCUT2D eigenvalue weighted by Gasteiger charge is -2.32.